The van der Waals surface area contributed by atoms with Crippen molar-refractivity contribution in [2.45, 2.75) is 26.2 Å². The Labute approximate surface area is 90.8 Å². The van der Waals surface area contributed by atoms with Gasteiger partial charge in [-0.3, -0.25) is 4.79 Å². The number of hydrogen-bond acceptors (Lipinski definition) is 2. The maximum atomic E-state index is 11.9. The number of ketones is 1. The van der Waals surface area contributed by atoms with E-state index in [0.29, 0.717) is 11.3 Å². The molecule has 1 aromatic carbocycles. The average molecular weight is 203 g/mol. The molecule has 1 rings (SSSR count). The van der Waals surface area contributed by atoms with Crippen molar-refractivity contribution < 1.29 is 4.79 Å². The van der Waals surface area contributed by atoms with Crippen LogP contribution in [0.5, 0.6) is 0 Å². The minimum Gasteiger partial charge on any atom is -0.399 e. The Bertz CT molecular complexity index is 388. The normalized spacial score (nSPS) is 11.1. The van der Waals surface area contributed by atoms with Crippen LogP contribution in [0.2, 0.25) is 0 Å². The van der Waals surface area contributed by atoms with E-state index in [1.807, 2.05) is 38.1 Å². The lowest BCUT2D eigenvalue weighted by Crippen LogP contribution is -2.29. The highest BCUT2D eigenvalue weighted by Crippen LogP contribution is 2.27. The minimum atomic E-state index is -0.528. The minimum absolute atomic E-state index is 0.0623. The standard InChI is InChI=1S/C13H17NO/c1-9(2)12(15)13(3,4)10-5-7-11(14)8-6-10/h5-8H,1,14H2,2-4H3. The lowest BCUT2D eigenvalue weighted by Gasteiger charge is -2.23. The molecule has 0 unspecified atom stereocenters. The molecule has 0 saturated heterocycles. The fourth-order valence-electron chi connectivity index (χ4n) is 1.56. The van der Waals surface area contributed by atoms with Gasteiger partial charge in [0.05, 0.1) is 5.41 Å². The number of allylic oxidation sites excluding steroid dienone is 1. The zero-order valence-electron chi connectivity index (χ0n) is 9.50. The lowest BCUT2D eigenvalue weighted by atomic mass is 9.78. The van der Waals surface area contributed by atoms with Crippen molar-refractivity contribution in [2.24, 2.45) is 0 Å². The maximum Gasteiger partial charge on any atom is 0.167 e. The smallest absolute Gasteiger partial charge is 0.167 e. The molecule has 0 amide bonds. The molecule has 2 heteroatoms. The van der Waals surface area contributed by atoms with Gasteiger partial charge in [-0.1, -0.05) is 18.7 Å². The summed E-state index contributed by atoms with van der Waals surface area (Å²) in [7, 11) is 0. The van der Waals surface area contributed by atoms with E-state index in [4.69, 9.17) is 5.73 Å². The molecule has 2 N–H and O–H groups in total. The predicted molar refractivity (Wildman–Crippen MR) is 63.7 cm³/mol. The first-order valence-electron chi connectivity index (χ1n) is 4.92. The van der Waals surface area contributed by atoms with Gasteiger partial charge in [0.15, 0.2) is 5.78 Å². The Hall–Kier alpha value is -1.57. The van der Waals surface area contributed by atoms with Crippen LogP contribution in [-0.4, -0.2) is 5.78 Å². The van der Waals surface area contributed by atoms with Crippen LogP contribution in [0.3, 0.4) is 0 Å². The van der Waals surface area contributed by atoms with E-state index < -0.39 is 5.41 Å². The third-order valence-corrected chi connectivity index (χ3v) is 2.59. The van der Waals surface area contributed by atoms with Crippen LogP contribution < -0.4 is 5.73 Å². The summed E-state index contributed by atoms with van der Waals surface area (Å²) in [5.41, 5.74) is 7.32. The van der Waals surface area contributed by atoms with Gasteiger partial charge in [-0.15, -0.1) is 0 Å². The largest absolute Gasteiger partial charge is 0.399 e. The second-order valence-corrected chi connectivity index (χ2v) is 4.36. The third kappa shape index (κ3) is 2.27. The van der Waals surface area contributed by atoms with E-state index in [1.54, 1.807) is 6.92 Å². The quantitative estimate of drug-likeness (QED) is 0.606. The number of anilines is 1. The monoisotopic (exact) mass is 203 g/mol. The Morgan fingerprint density at radius 1 is 1.27 bits per heavy atom. The molecule has 0 aliphatic rings. The van der Waals surface area contributed by atoms with Crippen LogP contribution in [0, 0.1) is 0 Å². The van der Waals surface area contributed by atoms with E-state index in [1.165, 1.54) is 0 Å². The second kappa shape index (κ2) is 3.89. The molecule has 0 saturated carbocycles. The molecular weight excluding hydrogens is 186 g/mol. The van der Waals surface area contributed by atoms with Gasteiger partial charge in [0.2, 0.25) is 0 Å². The fourth-order valence-corrected chi connectivity index (χ4v) is 1.56. The van der Waals surface area contributed by atoms with Gasteiger partial charge < -0.3 is 5.73 Å². The van der Waals surface area contributed by atoms with Crippen molar-refractivity contribution in [1.29, 1.82) is 0 Å². The predicted octanol–water partition coefficient (Wildman–Crippen LogP) is 2.69. The third-order valence-electron chi connectivity index (χ3n) is 2.59. The first-order valence-corrected chi connectivity index (χ1v) is 4.92. The van der Waals surface area contributed by atoms with Crippen molar-refractivity contribution >= 4 is 11.5 Å². The van der Waals surface area contributed by atoms with E-state index >= 15 is 0 Å². The van der Waals surface area contributed by atoms with Crippen molar-refractivity contribution in [3.8, 4) is 0 Å². The summed E-state index contributed by atoms with van der Waals surface area (Å²) < 4.78 is 0. The van der Waals surface area contributed by atoms with E-state index in [-0.39, 0.29) is 5.78 Å². The number of rotatable bonds is 3. The summed E-state index contributed by atoms with van der Waals surface area (Å²) in [4.78, 5) is 11.9. The molecule has 0 spiro atoms. The zero-order chi connectivity index (χ0) is 11.6. The number of carbonyl (C=O) groups is 1. The summed E-state index contributed by atoms with van der Waals surface area (Å²) in [6.45, 7) is 9.22. The Kier molecular flexibility index (Phi) is 2.98. The molecule has 0 fully saturated rings. The van der Waals surface area contributed by atoms with Crippen LogP contribution in [0.4, 0.5) is 5.69 Å². The highest BCUT2D eigenvalue weighted by Gasteiger charge is 2.29. The SMILES string of the molecule is C=C(C)C(=O)C(C)(C)c1ccc(N)cc1. The fraction of sp³-hybridized carbons (Fsp3) is 0.308. The highest BCUT2D eigenvalue weighted by atomic mass is 16.1. The number of carbonyl (C=O) groups excluding carboxylic acids is 1. The molecule has 0 aromatic heterocycles. The van der Waals surface area contributed by atoms with Gasteiger partial charge in [-0.25, -0.2) is 0 Å². The molecule has 0 bridgehead atoms. The number of Topliss-reactive ketones (excluding diaryl/α,β-unsaturated/α-hetero) is 1. The summed E-state index contributed by atoms with van der Waals surface area (Å²) >= 11 is 0. The first-order chi connectivity index (χ1) is 6.85. The second-order valence-electron chi connectivity index (χ2n) is 4.36. The van der Waals surface area contributed by atoms with Crippen LogP contribution >= 0.6 is 0 Å². The average Bonchev–Trinajstić information content (AvgIpc) is 2.17. The topological polar surface area (TPSA) is 43.1 Å². The molecule has 0 aliphatic heterocycles. The number of benzene rings is 1. The lowest BCUT2D eigenvalue weighted by molar-refractivity contribution is -0.119. The molecule has 0 atom stereocenters. The molecule has 1 aromatic rings. The van der Waals surface area contributed by atoms with Gasteiger partial charge in [-0.2, -0.15) is 0 Å². The van der Waals surface area contributed by atoms with Gasteiger partial charge in [0, 0.05) is 5.69 Å². The molecule has 2 nitrogen and oxygen atoms in total. The summed E-state index contributed by atoms with van der Waals surface area (Å²) in [6, 6.07) is 7.39. The van der Waals surface area contributed by atoms with Crippen molar-refractivity contribution in [2.75, 3.05) is 5.73 Å². The van der Waals surface area contributed by atoms with Crippen molar-refractivity contribution in [1.82, 2.24) is 0 Å². The first kappa shape index (κ1) is 11.5. The Morgan fingerprint density at radius 3 is 2.13 bits per heavy atom. The molecule has 0 heterocycles. The molecule has 0 aliphatic carbocycles. The van der Waals surface area contributed by atoms with Crippen molar-refractivity contribution in [3.05, 3.63) is 42.0 Å². The number of nitrogens with two attached hydrogens (primary N) is 1. The maximum absolute atomic E-state index is 11.9. The van der Waals surface area contributed by atoms with Crippen LogP contribution in [-0.2, 0) is 10.2 Å². The number of hydrogen-bond donors (Lipinski definition) is 1. The number of nitrogen functional groups attached to an aromatic ring is 1. The van der Waals surface area contributed by atoms with Gasteiger partial charge in [0.25, 0.3) is 0 Å². The molecular formula is C13H17NO. The van der Waals surface area contributed by atoms with Gasteiger partial charge >= 0.3 is 0 Å². The van der Waals surface area contributed by atoms with Crippen molar-refractivity contribution in [3.63, 3.8) is 0 Å². The zero-order valence-corrected chi connectivity index (χ0v) is 9.50. The Morgan fingerprint density at radius 2 is 1.73 bits per heavy atom. The van der Waals surface area contributed by atoms with Gasteiger partial charge in [-0.05, 0) is 44.0 Å². The summed E-state index contributed by atoms with van der Waals surface area (Å²) in [5.74, 6) is 0.0623. The van der Waals surface area contributed by atoms with Crippen LogP contribution in [0.15, 0.2) is 36.4 Å². The van der Waals surface area contributed by atoms with Crippen LogP contribution in [0.25, 0.3) is 0 Å². The van der Waals surface area contributed by atoms with E-state index in [9.17, 15) is 4.79 Å². The van der Waals surface area contributed by atoms with Gasteiger partial charge in [0.1, 0.15) is 0 Å². The summed E-state index contributed by atoms with van der Waals surface area (Å²) in [5, 5.41) is 0. The Balaban J connectivity index is 3.10. The molecule has 0 radical (unpaired) electrons. The molecule has 15 heavy (non-hydrogen) atoms. The van der Waals surface area contributed by atoms with E-state index in [2.05, 4.69) is 6.58 Å². The highest BCUT2D eigenvalue weighted by molar-refractivity contribution is 6.02. The van der Waals surface area contributed by atoms with E-state index in [0.717, 1.165) is 5.56 Å². The van der Waals surface area contributed by atoms with Crippen LogP contribution in [0.1, 0.15) is 26.3 Å². The molecule has 80 valence electrons. The summed E-state index contributed by atoms with van der Waals surface area (Å²) in [6.07, 6.45) is 0.